The number of rotatable bonds is 9. The van der Waals surface area contributed by atoms with E-state index in [1.165, 1.54) is 28.8 Å². The molecule has 1 aromatic carbocycles. The second-order valence-electron chi connectivity index (χ2n) is 13.6. The van der Waals surface area contributed by atoms with Gasteiger partial charge in [0.2, 0.25) is 41.4 Å². The van der Waals surface area contributed by atoms with E-state index in [0.717, 1.165) is 0 Å². The van der Waals surface area contributed by atoms with Crippen LogP contribution in [0.2, 0.25) is 0 Å². The number of carbonyl (C=O) groups is 7. The number of nitrogens with one attached hydrogen (secondary N) is 6. The summed E-state index contributed by atoms with van der Waals surface area (Å²) in [6, 6.07) is 0.985. The van der Waals surface area contributed by atoms with Crippen LogP contribution in [0.25, 0.3) is 0 Å². The van der Waals surface area contributed by atoms with Crippen molar-refractivity contribution in [3.05, 3.63) is 29.8 Å². The van der Waals surface area contributed by atoms with Gasteiger partial charge in [0, 0.05) is 13.0 Å². The molecule has 2 aliphatic rings. The van der Waals surface area contributed by atoms with Gasteiger partial charge in [0.1, 0.15) is 36.0 Å². The van der Waals surface area contributed by atoms with Crippen LogP contribution < -0.4 is 31.9 Å². The zero-order valence-electron chi connectivity index (χ0n) is 30.1. The Morgan fingerprint density at radius 1 is 0.804 bits per heavy atom. The van der Waals surface area contributed by atoms with Gasteiger partial charge in [-0.25, -0.2) is 0 Å². The molecule has 0 unspecified atom stereocenters. The molecular weight excluding hydrogens is 678 g/mol. The maximum absolute atomic E-state index is 14.0. The minimum absolute atomic E-state index is 0.00484. The first kappa shape index (κ1) is 41.1. The third-order valence-corrected chi connectivity index (χ3v) is 9.73. The number of hydrogen-bond acceptors (Lipinski definition) is 9. The average molecular weight is 732 g/mol. The fourth-order valence-corrected chi connectivity index (χ4v) is 6.53. The first-order valence-electron chi connectivity index (χ1n) is 17.6. The summed E-state index contributed by atoms with van der Waals surface area (Å²) in [6.45, 7) is 6.77. The van der Waals surface area contributed by atoms with Crippen molar-refractivity contribution in [2.24, 2.45) is 11.8 Å². The Kier molecular flexibility index (Phi) is 16.0. The molecule has 0 bridgehead atoms. The number of phenols is 1. The molecule has 0 aliphatic carbocycles. The predicted molar refractivity (Wildman–Crippen MR) is 192 cm³/mol. The molecule has 51 heavy (non-hydrogen) atoms. The number of aromatic hydroxyl groups is 1. The van der Waals surface area contributed by atoms with Crippen molar-refractivity contribution in [1.29, 1.82) is 0 Å². The Morgan fingerprint density at radius 2 is 1.43 bits per heavy atom. The van der Waals surface area contributed by atoms with E-state index in [1.54, 1.807) is 19.1 Å². The van der Waals surface area contributed by atoms with Crippen LogP contribution in [-0.2, 0) is 40.0 Å². The van der Waals surface area contributed by atoms with E-state index in [-0.39, 0.29) is 43.4 Å². The molecule has 7 N–H and O–H groups in total. The number of fused-ring (bicyclic) bond motifs is 1. The monoisotopic (exact) mass is 731 g/mol. The molecule has 2 fully saturated rings. The topological polar surface area (TPSA) is 215 Å². The van der Waals surface area contributed by atoms with Crippen LogP contribution in [0.15, 0.2) is 24.3 Å². The molecule has 0 saturated carbocycles. The number of benzene rings is 1. The van der Waals surface area contributed by atoms with Crippen molar-refractivity contribution in [2.45, 2.75) is 96.4 Å². The van der Waals surface area contributed by atoms with Crippen molar-refractivity contribution in [1.82, 2.24) is 36.8 Å². The van der Waals surface area contributed by atoms with Gasteiger partial charge in [0.25, 0.3) is 0 Å². The van der Waals surface area contributed by atoms with Crippen LogP contribution in [0.1, 0.15) is 65.4 Å². The molecule has 15 nitrogen and oxygen atoms in total. The van der Waals surface area contributed by atoms with Crippen molar-refractivity contribution in [2.75, 3.05) is 31.6 Å². The summed E-state index contributed by atoms with van der Waals surface area (Å²) in [5.74, 6) is -4.00. The molecule has 3 rings (SSSR count). The Bertz CT molecular complexity index is 1410. The lowest BCUT2D eigenvalue weighted by atomic mass is 9.96. The van der Waals surface area contributed by atoms with Gasteiger partial charge in [-0.1, -0.05) is 46.2 Å². The lowest BCUT2D eigenvalue weighted by Gasteiger charge is -2.31. The smallest absolute Gasteiger partial charge is 0.245 e. The molecule has 0 spiro atoms. The van der Waals surface area contributed by atoms with Gasteiger partial charge >= 0.3 is 0 Å². The lowest BCUT2D eigenvalue weighted by molar-refractivity contribution is -0.142. The van der Waals surface area contributed by atoms with Crippen LogP contribution >= 0.6 is 11.8 Å². The predicted octanol–water partition coefficient (Wildman–Crippen LogP) is -0.0438. The molecule has 7 amide bonds. The highest BCUT2D eigenvalue weighted by atomic mass is 32.2. The second-order valence-corrected chi connectivity index (χ2v) is 14.6. The molecule has 2 heterocycles. The fourth-order valence-electron chi connectivity index (χ4n) is 6.06. The Balaban J connectivity index is 2.01. The van der Waals surface area contributed by atoms with E-state index in [9.17, 15) is 38.7 Å². The van der Waals surface area contributed by atoms with Crippen LogP contribution in [0.3, 0.4) is 0 Å². The van der Waals surface area contributed by atoms with E-state index >= 15 is 0 Å². The maximum Gasteiger partial charge on any atom is 0.245 e. The number of nitrogens with zero attached hydrogens (tertiary/aromatic N) is 1. The summed E-state index contributed by atoms with van der Waals surface area (Å²) in [5.41, 5.74) is 0.618. The summed E-state index contributed by atoms with van der Waals surface area (Å²) in [5, 5.41) is 25.8. The van der Waals surface area contributed by atoms with Gasteiger partial charge in [-0.2, -0.15) is 11.8 Å². The highest BCUT2D eigenvalue weighted by Gasteiger charge is 2.39. The zero-order valence-corrected chi connectivity index (χ0v) is 30.9. The van der Waals surface area contributed by atoms with Gasteiger partial charge in [0.15, 0.2) is 0 Å². The second kappa shape index (κ2) is 19.9. The van der Waals surface area contributed by atoms with Crippen molar-refractivity contribution in [3.63, 3.8) is 0 Å². The van der Waals surface area contributed by atoms with E-state index < -0.39 is 84.6 Å². The van der Waals surface area contributed by atoms with Crippen LogP contribution in [0.4, 0.5) is 0 Å². The van der Waals surface area contributed by atoms with Crippen molar-refractivity contribution >= 4 is 53.1 Å². The van der Waals surface area contributed by atoms with Crippen molar-refractivity contribution in [3.8, 4) is 5.75 Å². The van der Waals surface area contributed by atoms with Gasteiger partial charge in [0.05, 0.1) is 13.1 Å². The summed E-state index contributed by atoms with van der Waals surface area (Å²) < 4.78 is 0. The first-order chi connectivity index (χ1) is 24.2. The quantitative estimate of drug-likeness (QED) is 0.181. The molecule has 0 radical (unpaired) electrons. The molecule has 0 aromatic heterocycles. The Hall–Kier alpha value is -4.34. The van der Waals surface area contributed by atoms with Crippen LogP contribution in [-0.4, -0.2) is 113 Å². The number of phenolic OH excluding ortho intramolecular Hbond substituents is 1. The first-order valence-corrected chi connectivity index (χ1v) is 19.0. The van der Waals surface area contributed by atoms with Gasteiger partial charge < -0.3 is 41.9 Å². The average Bonchev–Trinajstić information content (AvgIpc) is 3.59. The van der Waals surface area contributed by atoms with E-state index in [4.69, 9.17) is 0 Å². The van der Waals surface area contributed by atoms with Crippen LogP contribution in [0.5, 0.6) is 5.75 Å². The molecule has 2 saturated heterocycles. The highest BCUT2D eigenvalue weighted by molar-refractivity contribution is 7.98. The third kappa shape index (κ3) is 12.4. The van der Waals surface area contributed by atoms with E-state index in [2.05, 4.69) is 31.9 Å². The number of hydrogen-bond donors (Lipinski definition) is 7. The summed E-state index contributed by atoms with van der Waals surface area (Å²) in [4.78, 5) is 95.7. The zero-order chi connectivity index (χ0) is 37.7. The fraction of sp³-hybridized carbons (Fsp3) is 0.629. The van der Waals surface area contributed by atoms with Gasteiger partial charge in [-0.3, -0.25) is 33.6 Å². The standard InChI is InChI=1S/C35H53N7O8S/c1-6-21(4)30-34(49)39-25(17-22-9-11-23(43)12-10-22)32(47)40-26(16-20(2)3)35(50)42-14-7-8-27(42)33(48)37-18-28(44)38-24(13-15-51-5)31(46)36-19-29(45)41-30/h9-12,20-21,24-27,30,43H,6-8,13-19H2,1-5H3,(H,36,46)(H,37,48)(H,38,44)(H,39,49)(H,40,47)(H,41,45)/t21-,24+,25+,26+,27-,30-/m0/s1. The summed E-state index contributed by atoms with van der Waals surface area (Å²) in [6.07, 6.45) is 3.76. The third-order valence-electron chi connectivity index (χ3n) is 9.09. The highest BCUT2D eigenvalue weighted by Crippen LogP contribution is 2.21. The molecule has 16 heteroatoms. The maximum atomic E-state index is 14.0. The molecule has 282 valence electrons. The number of carbonyl (C=O) groups excluding carboxylic acids is 7. The normalized spacial score (nSPS) is 25.4. The number of amides is 7. The van der Waals surface area contributed by atoms with Gasteiger partial charge in [-0.15, -0.1) is 0 Å². The number of thioether (sulfide) groups is 1. The Labute approximate surface area is 303 Å². The minimum Gasteiger partial charge on any atom is -0.508 e. The van der Waals surface area contributed by atoms with E-state index in [0.29, 0.717) is 30.6 Å². The van der Waals surface area contributed by atoms with Crippen molar-refractivity contribution < 1.29 is 38.7 Å². The Morgan fingerprint density at radius 3 is 2.06 bits per heavy atom. The van der Waals surface area contributed by atoms with E-state index in [1.807, 2.05) is 27.0 Å². The van der Waals surface area contributed by atoms with Gasteiger partial charge in [-0.05, 0) is 67.2 Å². The SMILES string of the molecule is CC[C@H](C)[C@@H]1NC(=O)CNC(=O)[C@@H](CCSC)NC(=O)CNC(=O)[C@@H]2CCCN2C(=O)[C@@H](CC(C)C)NC(=O)[C@@H](Cc2ccc(O)cc2)NC1=O. The lowest BCUT2D eigenvalue weighted by Crippen LogP contribution is -2.60. The molecule has 6 atom stereocenters. The molecular formula is C35H53N7O8S. The molecule has 2 aliphatic heterocycles. The van der Waals surface area contributed by atoms with Crippen LogP contribution in [0, 0.1) is 11.8 Å². The minimum atomic E-state index is -1.19. The molecule has 1 aromatic rings. The summed E-state index contributed by atoms with van der Waals surface area (Å²) >= 11 is 1.47. The summed E-state index contributed by atoms with van der Waals surface area (Å²) in [7, 11) is 0. The largest absolute Gasteiger partial charge is 0.508 e.